The molecule has 0 aromatic carbocycles. The van der Waals surface area contributed by atoms with Crippen molar-refractivity contribution in [2.75, 3.05) is 32.3 Å². The van der Waals surface area contributed by atoms with E-state index in [-0.39, 0.29) is 5.57 Å². The molecule has 8 heteroatoms. The van der Waals surface area contributed by atoms with Gasteiger partial charge in [-0.25, -0.2) is 4.79 Å². The number of aliphatic carboxylic acids is 1. The smallest absolute Gasteiger partial charge is 0.326 e. The van der Waals surface area contributed by atoms with E-state index in [2.05, 4.69) is 10.6 Å². The van der Waals surface area contributed by atoms with Crippen molar-refractivity contribution >= 4 is 23.6 Å². The number of thioether (sulfide) groups is 1. The number of hydrogen-bond donors (Lipinski definition) is 3. The molecule has 0 aromatic rings. The number of nitrogens with one attached hydrogen (secondary N) is 2. The summed E-state index contributed by atoms with van der Waals surface area (Å²) in [6.45, 7) is 0.881. The molecule has 0 fully saturated rings. The zero-order valence-electron chi connectivity index (χ0n) is 11.5. The molecule has 0 heterocycles. The van der Waals surface area contributed by atoms with Gasteiger partial charge in [-0.05, 0) is 18.4 Å². The average molecular weight is 301 g/mol. The quantitative estimate of drug-likeness (QED) is 0.295. The average Bonchev–Trinajstić information content (AvgIpc) is 2.43. The third-order valence-electron chi connectivity index (χ3n) is 2.28. The maximum atomic E-state index is 11.8. The third kappa shape index (κ3) is 7.66. The van der Waals surface area contributed by atoms with E-state index < -0.39 is 17.9 Å². The second-order valence-electron chi connectivity index (χ2n) is 3.76. The van der Waals surface area contributed by atoms with Crippen LogP contribution in [0.3, 0.4) is 0 Å². The number of methoxy groups -OCH3 is 1. The largest absolute Gasteiger partial charge is 0.480 e. The van der Waals surface area contributed by atoms with E-state index in [1.54, 1.807) is 6.07 Å². The normalized spacial score (nSPS) is 12.3. The van der Waals surface area contributed by atoms with Crippen molar-refractivity contribution in [3.8, 4) is 6.07 Å². The number of rotatable bonds is 10. The molecule has 1 amide bonds. The van der Waals surface area contributed by atoms with E-state index in [1.165, 1.54) is 25.1 Å². The summed E-state index contributed by atoms with van der Waals surface area (Å²) < 4.78 is 4.80. The van der Waals surface area contributed by atoms with Crippen molar-refractivity contribution < 1.29 is 19.4 Å². The van der Waals surface area contributed by atoms with Gasteiger partial charge in [0.2, 0.25) is 0 Å². The minimum absolute atomic E-state index is 0.170. The van der Waals surface area contributed by atoms with Crippen LogP contribution in [0.5, 0.6) is 0 Å². The summed E-state index contributed by atoms with van der Waals surface area (Å²) in [7, 11) is 1.53. The Kier molecular flexibility index (Phi) is 10.2. The summed E-state index contributed by atoms with van der Waals surface area (Å²) in [5.41, 5.74) is -0.170. The monoisotopic (exact) mass is 301 g/mol. The van der Waals surface area contributed by atoms with Gasteiger partial charge >= 0.3 is 5.97 Å². The molecule has 1 unspecified atom stereocenters. The molecule has 0 aliphatic carbocycles. The maximum Gasteiger partial charge on any atom is 0.326 e. The Balaban J connectivity index is 4.51. The second-order valence-corrected chi connectivity index (χ2v) is 4.75. The highest BCUT2D eigenvalue weighted by atomic mass is 32.2. The fourth-order valence-corrected chi connectivity index (χ4v) is 1.68. The van der Waals surface area contributed by atoms with Crippen LogP contribution >= 0.6 is 11.8 Å². The number of carbonyl (C=O) groups is 2. The van der Waals surface area contributed by atoms with E-state index in [0.29, 0.717) is 25.3 Å². The zero-order chi connectivity index (χ0) is 15.4. The van der Waals surface area contributed by atoms with Crippen molar-refractivity contribution in [2.45, 2.75) is 12.5 Å². The van der Waals surface area contributed by atoms with Gasteiger partial charge in [-0.2, -0.15) is 17.0 Å². The second kappa shape index (κ2) is 11.1. The van der Waals surface area contributed by atoms with Gasteiger partial charge in [0.05, 0.1) is 6.61 Å². The third-order valence-corrected chi connectivity index (χ3v) is 2.92. The van der Waals surface area contributed by atoms with Crippen LogP contribution in [-0.2, 0) is 14.3 Å². The number of carboxylic acids is 1. The van der Waals surface area contributed by atoms with Gasteiger partial charge in [0.15, 0.2) is 0 Å². The topological polar surface area (TPSA) is 111 Å². The first-order chi connectivity index (χ1) is 9.56. The van der Waals surface area contributed by atoms with E-state index >= 15 is 0 Å². The van der Waals surface area contributed by atoms with Gasteiger partial charge in [0, 0.05) is 19.9 Å². The molecule has 0 saturated carbocycles. The lowest BCUT2D eigenvalue weighted by Crippen LogP contribution is -2.42. The van der Waals surface area contributed by atoms with Crippen LogP contribution < -0.4 is 10.6 Å². The van der Waals surface area contributed by atoms with Crippen LogP contribution in [0, 0.1) is 11.3 Å². The molecule has 0 bridgehead atoms. The van der Waals surface area contributed by atoms with Gasteiger partial charge in [-0.3, -0.25) is 4.79 Å². The maximum absolute atomic E-state index is 11.8. The predicted octanol–water partition coefficient (Wildman–Crippen LogP) is -0.0476. The number of carboxylic acid groups (broad SMARTS) is 1. The molecular weight excluding hydrogens is 282 g/mol. The molecule has 1 atom stereocenters. The van der Waals surface area contributed by atoms with Crippen molar-refractivity contribution in [3.05, 3.63) is 11.8 Å². The Bertz CT molecular complexity index is 393. The summed E-state index contributed by atoms with van der Waals surface area (Å²) in [5.74, 6) is -1.21. The highest BCUT2D eigenvalue weighted by Crippen LogP contribution is 2.02. The molecule has 0 spiro atoms. The first-order valence-corrected chi connectivity index (χ1v) is 7.31. The van der Waals surface area contributed by atoms with Crippen LogP contribution in [-0.4, -0.2) is 55.3 Å². The summed E-state index contributed by atoms with van der Waals surface area (Å²) in [4.78, 5) is 22.8. The Labute approximate surface area is 122 Å². The lowest BCUT2D eigenvalue weighted by molar-refractivity contribution is -0.141. The Morgan fingerprint density at radius 2 is 2.25 bits per heavy atom. The molecule has 0 radical (unpaired) electrons. The fraction of sp³-hybridized carbons (Fsp3) is 0.583. The lowest BCUT2D eigenvalue weighted by atomic mass is 10.2. The molecule has 20 heavy (non-hydrogen) atoms. The van der Waals surface area contributed by atoms with E-state index in [4.69, 9.17) is 15.1 Å². The van der Waals surface area contributed by atoms with Gasteiger partial charge < -0.3 is 20.5 Å². The Morgan fingerprint density at radius 1 is 1.55 bits per heavy atom. The van der Waals surface area contributed by atoms with Crippen LogP contribution in [0.2, 0.25) is 0 Å². The van der Waals surface area contributed by atoms with Gasteiger partial charge in [-0.1, -0.05) is 0 Å². The zero-order valence-corrected chi connectivity index (χ0v) is 12.3. The minimum atomic E-state index is -1.11. The highest BCUT2D eigenvalue weighted by Gasteiger charge is 2.21. The predicted molar refractivity (Wildman–Crippen MR) is 76.1 cm³/mol. The molecule has 0 aromatic heterocycles. The van der Waals surface area contributed by atoms with Gasteiger partial charge in [-0.15, -0.1) is 0 Å². The van der Waals surface area contributed by atoms with Crippen LogP contribution in [0.4, 0.5) is 0 Å². The Hall–Kier alpha value is -1.72. The van der Waals surface area contributed by atoms with Gasteiger partial charge in [0.1, 0.15) is 17.7 Å². The summed E-state index contributed by atoms with van der Waals surface area (Å²) >= 11 is 1.49. The first kappa shape index (κ1) is 18.3. The summed E-state index contributed by atoms with van der Waals surface area (Å²) in [6.07, 6.45) is 3.40. The molecule has 3 N–H and O–H groups in total. The standard InChI is InChI=1S/C12H19N3O4S/c1-19-5-4-14-8-9(7-13)11(16)15-10(12(17)18)3-6-20-2/h8,10,14H,3-6H2,1-2H3,(H,15,16)(H,17,18)/b9-8-. The SMILES string of the molecule is COCCN/C=C(/C#N)C(=O)NC(CCSC)C(=O)O. The number of carbonyl (C=O) groups excluding carboxylic acids is 1. The van der Waals surface area contributed by atoms with E-state index in [0.717, 1.165) is 0 Å². The van der Waals surface area contributed by atoms with Crippen molar-refractivity contribution in [3.63, 3.8) is 0 Å². The number of hydrogen-bond acceptors (Lipinski definition) is 6. The van der Waals surface area contributed by atoms with Crippen LogP contribution in [0.1, 0.15) is 6.42 Å². The van der Waals surface area contributed by atoms with Crippen LogP contribution in [0.15, 0.2) is 11.8 Å². The summed E-state index contributed by atoms with van der Waals surface area (Å²) in [6, 6.07) is 0.732. The fourth-order valence-electron chi connectivity index (χ4n) is 1.21. The first-order valence-electron chi connectivity index (χ1n) is 5.92. The van der Waals surface area contributed by atoms with Crippen molar-refractivity contribution in [2.24, 2.45) is 0 Å². The molecule has 0 aliphatic rings. The number of nitriles is 1. The van der Waals surface area contributed by atoms with E-state index in [1.807, 2.05) is 6.26 Å². The highest BCUT2D eigenvalue weighted by molar-refractivity contribution is 7.98. The number of ether oxygens (including phenoxy) is 1. The molecule has 112 valence electrons. The van der Waals surface area contributed by atoms with Gasteiger partial charge in [0.25, 0.3) is 5.91 Å². The lowest BCUT2D eigenvalue weighted by Gasteiger charge is -2.13. The molecule has 7 nitrogen and oxygen atoms in total. The Morgan fingerprint density at radius 3 is 2.75 bits per heavy atom. The molecule has 0 saturated heterocycles. The number of amides is 1. The molecule has 0 aliphatic heterocycles. The van der Waals surface area contributed by atoms with Crippen LogP contribution in [0.25, 0.3) is 0 Å². The number of nitrogens with zero attached hydrogens (tertiary/aromatic N) is 1. The molecular formula is C12H19N3O4S. The molecule has 0 rings (SSSR count). The summed E-state index contributed by atoms with van der Waals surface area (Å²) in [5, 5.41) is 22.9. The van der Waals surface area contributed by atoms with Crippen molar-refractivity contribution in [1.82, 2.24) is 10.6 Å². The van der Waals surface area contributed by atoms with Crippen molar-refractivity contribution in [1.29, 1.82) is 5.26 Å². The van der Waals surface area contributed by atoms with E-state index in [9.17, 15) is 9.59 Å². The minimum Gasteiger partial charge on any atom is -0.480 e.